The van der Waals surface area contributed by atoms with Gasteiger partial charge in [0.05, 0.1) is 5.92 Å². The largest absolute Gasteiger partial charge is 0.457 e. The minimum absolute atomic E-state index is 0.0265. The number of para-hydroxylation sites is 1. The van der Waals surface area contributed by atoms with E-state index in [-0.39, 0.29) is 11.8 Å². The van der Waals surface area contributed by atoms with Gasteiger partial charge in [0.1, 0.15) is 11.5 Å². The Morgan fingerprint density at radius 1 is 1.07 bits per heavy atom. The number of ether oxygens (including phenoxy) is 1. The van der Waals surface area contributed by atoms with Gasteiger partial charge in [0.2, 0.25) is 5.91 Å². The molecule has 28 heavy (non-hydrogen) atoms. The van der Waals surface area contributed by atoms with Crippen molar-refractivity contribution in [2.45, 2.75) is 38.0 Å². The Balaban J connectivity index is 1.50. The van der Waals surface area contributed by atoms with Crippen molar-refractivity contribution in [1.82, 2.24) is 4.98 Å². The van der Waals surface area contributed by atoms with Gasteiger partial charge in [0.15, 0.2) is 5.13 Å². The van der Waals surface area contributed by atoms with Gasteiger partial charge in [-0.1, -0.05) is 56.0 Å². The molecule has 4 rings (SSSR count). The standard InChI is InChI=1S/C23H24N2O2S/c26-22(25-23-24-14-15-28-23)21(16-17-6-4-5-7-17)18-10-12-20(13-11-18)27-19-8-2-1-3-9-19/h1-3,8-15,17,21H,4-7,16H2,(H,24,25,26). The highest BCUT2D eigenvalue weighted by atomic mass is 32.1. The number of thiazole rings is 1. The van der Waals surface area contributed by atoms with Gasteiger partial charge in [-0.05, 0) is 42.2 Å². The number of benzene rings is 2. The lowest BCUT2D eigenvalue weighted by molar-refractivity contribution is -0.118. The Bertz CT molecular complexity index is 873. The third kappa shape index (κ3) is 4.78. The molecule has 0 bridgehead atoms. The van der Waals surface area contributed by atoms with Crippen LogP contribution >= 0.6 is 11.3 Å². The molecule has 5 heteroatoms. The molecule has 3 aromatic rings. The highest BCUT2D eigenvalue weighted by molar-refractivity contribution is 7.13. The number of nitrogens with one attached hydrogen (secondary N) is 1. The minimum atomic E-state index is -0.169. The summed E-state index contributed by atoms with van der Waals surface area (Å²) in [4.78, 5) is 17.2. The number of anilines is 1. The van der Waals surface area contributed by atoms with Crippen LogP contribution in [-0.2, 0) is 4.79 Å². The van der Waals surface area contributed by atoms with Gasteiger partial charge in [0, 0.05) is 11.6 Å². The quantitative estimate of drug-likeness (QED) is 0.518. The van der Waals surface area contributed by atoms with E-state index < -0.39 is 0 Å². The predicted molar refractivity (Wildman–Crippen MR) is 113 cm³/mol. The van der Waals surface area contributed by atoms with Crippen LogP contribution in [-0.4, -0.2) is 10.9 Å². The zero-order valence-electron chi connectivity index (χ0n) is 15.7. The Hall–Kier alpha value is -2.66. The Kier molecular flexibility index (Phi) is 6.02. The van der Waals surface area contributed by atoms with Crippen molar-refractivity contribution in [3.63, 3.8) is 0 Å². The van der Waals surface area contributed by atoms with E-state index in [0.29, 0.717) is 11.0 Å². The van der Waals surface area contributed by atoms with Gasteiger partial charge < -0.3 is 10.1 Å². The summed E-state index contributed by atoms with van der Waals surface area (Å²) < 4.78 is 5.88. The van der Waals surface area contributed by atoms with E-state index >= 15 is 0 Å². The van der Waals surface area contributed by atoms with Crippen LogP contribution in [0, 0.1) is 5.92 Å². The fraction of sp³-hybridized carbons (Fsp3) is 0.304. The molecule has 1 aliphatic carbocycles. The number of hydrogen-bond acceptors (Lipinski definition) is 4. The summed E-state index contributed by atoms with van der Waals surface area (Å²) in [5.41, 5.74) is 1.03. The molecule has 2 aromatic carbocycles. The second kappa shape index (κ2) is 9.02. The minimum Gasteiger partial charge on any atom is -0.457 e. The maximum Gasteiger partial charge on any atom is 0.233 e. The van der Waals surface area contributed by atoms with Crippen molar-refractivity contribution in [2.24, 2.45) is 5.92 Å². The zero-order chi connectivity index (χ0) is 19.2. The van der Waals surface area contributed by atoms with Crippen molar-refractivity contribution < 1.29 is 9.53 Å². The number of carbonyl (C=O) groups excluding carboxylic acids is 1. The van der Waals surface area contributed by atoms with Crippen LogP contribution < -0.4 is 10.1 Å². The van der Waals surface area contributed by atoms with Gasteiger partial charge in [-0.2, -0.15) is 0 Å². The summed E-state index contributed by atoms with van der Waals surface area (Å²) >= 11 is 1.45. The first kappa shape index (κ1) is 18.7. The third-order valence-electron chi connectivity index (χ3n) is 5.28. The zero-order valence-corrected chi connectivity index (χ0v) is 16.5. The first-order valence-corrected chi connectivity index (χ1v) is 10.7. The number of nitrogens with zero attached hydrogens (tertiary/aromatic N) is 1. The van der Waals surface area contributed by atoms with Gasteiger partial charge in [-0.25, -0.2) is 4.98 Å². The summed E-state index contributed by atoms with van der Waals surface area (Å²) in [5, 5.41) is 5.52. The van der Waals surface area contributed by atoms with E-state index in [2.05, 4.69) is 10.3 Å². The first-order valence-electron chi connectivity index (χ1n) is 9.81. The number of amides is 1. The second-order valence-electron chi connectivity index (χ2n) is 7.25. The van der Waals surface area contributed by atoms with Crippen molar-refractivity contribution >= 4 is 22.4 Å². The van der Waals surface area contributed by atoms with Crippen LogP contribution in [0.15, 0.2) is 66.2 Å². The lowest BCUT2D eigenvalue weighted by atomic mass is 9.87. The fourth-order valence-corrected chi connectivity index (χ4v) is 4.38. The molecule has 4 nitrogen and oxygen atoms in total. The highest BCUT2D eigenvalue weighted by Gasteiger charge is 2.27. The van der Waals surface area contributed by atoms with Gasteiger partial charge in [-0.3, -0.25) is 4.79 Å². The van der Waals surface area contributed by atoms with Gasteiger partial charge >= 0.3 is 0 Å². The number of rotatable bonds is 7. The Labute approximate surface area is 169 Å². The number of carbonyl (C=O) groups is 1. The molecule has 1 heterocycles. The van der Waals surface area contributed by atoms with Gasteiger partial charge in [0.25, 0.3) is 0 Å². The van der Waals surface area contributed by atoms with Crippen molar-refractivity contribution in [2.75, 3.05) is 5.32 Å². The number of aromatic nitrogens is 1. The molecular weight excluding hydrogens is 368 g/mol. The summed E-state index contributed by atoms with van der Waals surface area (Å²) in [6.45, 7) is 0. The van der Waals surface area contributed by atoms with E-state index in [0.717, 1.165) is 23.5 Å². The molecule has 0 spiro atoms. The van der Waals surface area contributed by atoms with E-state index in [9.17, 15) is 4.79 Å². The molecule has 1 unspecified atom stereocenters. The van der Waals surface area contributed by atoms with Crippen LogP contribution in [0.25, 0.3) is 0 Å². The van der Waals surface area contributed by atoms with Crippen LogP contribution in [0.3, 0.4) is 0 Å². The predicted octanol–water partition coefficient (Wildman–Crippen LogP) is 6.24. The first-order chi connectivity index (χ1) is 13.8. The monoisotopic (exact) mass is 392 g/mol. The summed E-state index contributed by atoms with van der Waals surface area (Å²) in [6.07, 6.45) is 7.58. The average molecular weight is 393 g/mol. The maximum absolute atomic E-state index is 13.0. The number of hydrogen-bond donors (Lipinski definition) is 1. The smallest absolute Gasteiger partial charge is 0.233 e. The van der Waals surface area contributed by atoms with E-state index in [1.807, 2.05) is 60.0 Å². The second-order valence-corrected chi connectivity index (χ2v) is 8.14. The van der Waals surface area contributed by atoms with Crippen LogP contribution in [0.4, 0.5) is 5.13 Å². The molecular formula is C23H24N2O2S. The molecule has 1 saturated carbocycles. The van der Waals surface area contributed by atoms with Gasteiger partial charge in [-0.15, -0.1) is 11.3 Å². The van der Waals surface area contributed by atoms with Crippen molar-refractivity contribution in [1.29, 1.82) is 0 Å². The van der Waals surface area contributed by atoms with E-state index in [1.165, 1.54) is 37.0 Å². The summed E-state index contributed by atoms with van der Waals surface area (Å²) in [5.74, 6) is 2.05. The normalized spacial score (nSPS) is 15.3. The summed E-state index contributed by atoms with van der Waals surface area (Å²) in [7, 11) is 0. The Morgan fingerprint density at radius 2 is 1.79 bits per heavy atom. The molecule has 1 atom stereocenters. The lowest BCUT2D eigenvalue weighted by Crippen LogP contribution is -2.23. The molecule has 0 aliphatic heterocycles. The molecule has 1 aromatic heterocycles. The molecule has 1 N–H and O–H groups in total. The Morgan fingerprint density at radius 3 is 2.46 bits per heavy atom. The highest BCUT2D eigenvalue weighted by Crippen LogP contribution is 2.35. The molecule has 0 saturated heterocycles. The average Bonchev–Trinajstić information content (AvgIpc) is 3.42. The molecule has 1 aliphatic rings. The lowest BCUT2D eigenvalue weighted by Gasteiger charge is -2.20. The van der Waals surface area contributed by atoms with Crippen LogP contribution in [0.2, 0.25) is 0 Å². The molecule has 1 fully saturated rings. The van der Waals surface area contributed by atoms with E-state index in [4.69, 9.17) is 4.74 Å². The fourth-order valence-electron chi connectivity index (χ4n) is 3.84. The third-order valence-corrected chi connectivity index (χ3v) is 5.97. The topological polar surface area (TPSA) is 51.2 Å². The van der Waals surface area contributed by atoms with Crippen molar-refractivity contribution in [3.05, 3.63) is 71.7 Å². The molecule has 1 amide bonds. The molecule has 144 valence electrons. The summed E-state index contributed by atoms with van der Waals surface area (Å²) in [6, 6.07) is 17.6. The molecule has 0 radical (unpaired) electrons. The SMILES string of the molecule is O=C(Nc1nccs1)C(CC1CCCC1)c1ccc(Oc2ccccc2)cc1. The van der Waals surface area contributed by atoms with Crippen LogP contribution in [0.1, 0.15) is 43.6 Å². The van der Waals surface area contributed by atoms with E-state index in [1.54, 1.807) is 6.20 Å². The maximum atomic E-state index is 13.0. The van der Waals surface area contributed by atoms with Crippen LogP contribution in [0.5, 0.6) is 11.5 Å². The van der Waals surface area contributed by atoms with Crippen molar-refractivity contribution in [3.8, 4) is 11.5 Å².